The molecule has 2 aliphatic rings. The number of nitrogens with zero attached hydrogens (tertiary/aromatic N) is 4. The van der Waals surface area contributed by atoms with Crippen molar-refractivity contribution < 1.29 is 4.79 Å². The van der Waals surface area contributed by atoms with Gasteiger partial charge in [0.1, 0.15) is 11.6 Å². The molecule has 2 bridgehead atoms. The van der Waals surface area contributed by atoms with Crippen LogP contribution in [0.2, 0.25) is 0 Å². The first-order chi connectivity index (χ1) is 15.0. The van der Waals surface area contributed by atoms with Crippen molar-refractivity contribution in [1.29, 1.82) is 0 Å². The molecule has 1 amide bonds. The van der Waals surface area contributed by atoms with Gasteiger partial charge in [0.25, 0.3) is 0 Å². The van der Waals surface area contributed by atoms with Gasteiger partial charge >= 0.3 is 0 Å². The first-order valence-electron chi connectivity index (χ1n) is 10.9. The standard InChI is InChI=1S/C22H28N8O/c1-13-8-21(29-28-13)26-20-11-18-17(6-3-7-24-18)22(27-20)25-14-9-15-4-2-5-16(10-14)30(15)12-19(23)31/h3,6-8,11,14-16H,2,4-5,9-10,12H2,1H3,(H2,23,31)(H3,25,26,27,28,29)/t14?,15-,16+. The summed E-state index contributed by atoms with van der Waals surface area (Å²) in [5.74, 6) is 2.01. The molecular weight excluding hydrogens is 392 g/mol. The van der Waals surface area contributed by atoms with Gasteiger partial charge in [0.05, 0.1) is 12.1 Å². The zero-order chi connectivity index (χ0) is 21.4. The molecule has 5 rings (SSSR count). The quantitative estimate of drug-likeness (QED) is 0.483. The van der Waals surface area contributed by atoms with Crippen LogP contribution in [0.5, 0.6) is 0 Å². The van der Waals surface area contributed by atoms with Crippen LogP contribution in [-0.4, -0.2) is 55.6 Å². The third-order valence-corrected chi connectivity index (χ3v) is 6.37. The summed E-state index contributed by atoms with van der Waals surface area (Å²) in [5.41, 5.74) is 7.36. The summed E-state index contributed by atoms with van der Waals surface area (Å²) >= 11 is 0. The van der Waals surface area contributed by atoms with Crippen LogP contribution < -0.4 is 16.4 Å². The summed E-state index contributed by atoms with van der Waals surface area (Å²) in [4.78, 5) is 23.2. The van der Waals surface area contributed by atoms with Gasteiger partial charge in [-0.1, -0.05) is 6.42 Å². The Labute approximate surface area is 180 Å². The first kappa shape index (κ1) is 19.7. The highest BCUT2D eigenvalue weighted by Crippen LogP contribution is 2.36. The molecule has 0 saturated carbocycles. The van der Waals surface area contributed by atoms with E-state index in [9.17, 15) is 4.79 Å². The number of carbonyl (C=O) groups is 1. The largest absolute Gasteiger partial charge is 0.369 e. The molecule has 2 aliphatic heterocycles. The minimum absolute atomic E-state index is 0.241. The fourth-order valence-electron chi connectivity index (χ4n) is 5.09. The second-order valence-corrected chi connectivity index (χ2v) is 8.68. The lowest BCUT2D eigenvalue weighted by Gasteiger charge is -2.48. The number of rotatable bonds is 6. The van der Waals surface area contributed by atoms with E-state index >= 15 is 0 Å². The summed E-state index contributed by atoms with van der Waals surface area (Å²) in [6, 6.07) is 8.91. The molecule has 5 heterocycles. The molecule has 5 N–H and O–H groups in total. The summed E-state index contributed by atoms with van der Waals surface area (Å²) in [7, 11) is 0. The number of hydrogen-bond donors (Lipinski definition) is 4. The van der Waals surface area contributed by atoms with Crippen molar-refractivity contribution in [3.05, 3.63) is 36.2 Å². The van der Waals surface area contributed by atoms with Gasteiger partial charge in [-0.15, -0.1) is 0 Å². The summed E-state index contributed by atoms with van der Waals surface area (Å²) in [5, 5.41) is 15.1. The van der Waals surface area contributed by atoms with Crippen LogP contribution in [0, 0.1) is 6.92 Å². The van der Waals surface area contributed by atoms with Crippen molar-refractivity contribution >= 4 is 34.3 Å². The maximum absolute atomic E-state index is 11.5. The zero-order valence-electron chi connectivity index (χ0n) is 17.6. The number of aromatic amines is 1. The van der Waals surface area contributed by atoms with E-state index in [0.29, 0.717) is 30.5 Å². The maximum atomic E-state index is 11.5. The van der Waals surface area contributed by atoms with E-state index in [1.165, 1.54) is 6.42 Å². The SMILES string of the molecule is Cc1cc(Nc2cc3ncccc3c(NC3C[C@H]4CCC[C@@H](C3)N4CC(N)=O)n2)n[nH]1. The molecule has 0 aliphatic carbocycles. The second-order valence-electron chi connectivity index (χ2n) is 8.68. The number of fused-ring (bicyclic) bond motifs is 3. The van der Waals surface area contributed by atoms with Crippen molar-refractivity contribution in [2.75, 3.05) is 17.2 Å². The number of piperidine rings is 2. The lowest BCUT2D eigenvalue weighted by Crippen LogP contribution is -2.56. The average molecular weight is 421 g/mol. The Morgan fingerprint density at radius 3 is 2.77 bits per heavy atom. The van der Waals surface area contributed by atoms with Crippen LogP contribution in [0.15, 0.2) is 30.5 Å². The molecule has 2 saturated heterocycles. The summed E-state index contributed by atoms with van der Waals surface area (Å²) < 4.78 is 0. The molecule has 162 valence electrons. The molecular formula is C22H28N8O. The van der Waals surface area contributed by atoms with E-state index in [1.54, 1.807) is 6.20 Å². The van der Waals surface area contributed by atoms with Crippen LogP contribution >= 0.6 is 0 Å². The van der Waals surface area contributed by atoms with Crippen LogP contribution in [0.3, 0.4) is 0 Å². The van der Waals surface area contributed by atoms with E-state index < -0.39 is 0 Å². The van der Waals surface area contributed by atoms with Crippen molar-refractivity contribution in [2.45, 2.75) is 57.2 Å². The fraction of sp³-hybridized carbons (Fsp3) is 0.455. The van der Waals surface area contributed by atoms with Crippen LogP contribution in [-0.2, 0) is 4.79 Å². The van der Waals surface area contributed by atoms with E-state index in [2.05, 4.69) is 30.7 Å². The number of nitrogens with one attached hydrogen (secondary N) is 3. The predicted molar refractivity (Wildman–Crippen MR) is 120 cm³/mol. The third kappa shape index (κ3) is 4.18. The van der Waals surface area contributed by atoms with Crippen molar-refractivity contribution in [1.82, 2.24) is 25.1 Å². The Balaban J connectivity index is 1.40. The topological polar surface area (TPSA) is 125 Å². The van der Waals surface area contributed by atoms with Crippen LogP contribution in [0.1, 0.15) is 37.8 Å². The number of pyridine rings is 2. The maximum Gasteiger partial charge on any atom is 0.231 e. The first-order valence-corrected chi connectivity index (χ1v) is 10.9. The Morgan fingerprint density at radius 2 is 2.06 bits per heavy atom. The highest BCUT2D eigenvalue weighted by atomic mass is 16.1. The van der Waals surface area contributed by atoms with Gasteiger partial charge in [-0.25, -0.2) is 4.98 Å². The van der Waals surface area contributed by atoms with Crippen molar-refractivity contribution in [3.63, 3.8) is 0 Å². The number of aryl methyl sites for hydroxylation is 1. The number of H-pyrrole nitrogens is 1. The molecule has 9 nitrogen and oxygen atoms in total. The lowest BCUT2D eigenvalue weighted by atomic mass is 9.81. The Morgan fingerprint density at radius 1 is 1.26 bits per heavy atom. The molecule has 0 radical (unpaired) electrons. The highest BCUT2D eigenvalue weighted by Gasteiger charge is 2.38. The van der Waals surface area contributed by atoms with E-state index in [-0.39, 0.29) is 5.91 Å². The molecule has 2 fully saturated rings. The van der Waals surface area contributed by atoms with Gasteiger partial charge < -0.3 is 16.4 Å². The number of carbonyl (C=O) groups excluding carboxylic acids is 1. The Hall–Kier alpha value is -3.20. The smallest absolute Gasteiger partial charge is 0.231 e. The van der Waals surface area contributed by atoms with Crippen molar-refractivity contribution in [3.8, 4) is 0 Å². The van der Waals surface area contributed by atoms with Crippen LogP contribution in [0.25, 0.3) is 10.9 Å². The fourth-order valence-corrected chi connectivity index (χ4v) is 5.09. The molecule has 3 aromatic rings. The molecule has 9 heteroatoms. The van der Waals surface area contributed by atoms with Gasteiger partial charge in [0.2, 0.25) is 5.91 Å². The number of hydrogen-bond acceptors (Lipinski definition) is 7. The number of nitrogens with two attached hydrogens (primary N) is 1. The van der Waals surface area contributed by atoms with Gasteiger partial charge in [0, 0.05) is 47.5 Å². The van der Waals surface area contributed by atoms with Gasteiger partial charge in [-0.3, -0.25) is 19.8 Å². The van der Waals surface area contributed by atoms with Crippen LogP contribution in [0.4, 0.5) is 17.5 Å². The molecule has 1 unspecified atom stereocenters. The predicted octanol–water partition coefficient (Wildman–Crippen LogP) is 2.69. The Kier molecular flexibility index (Phi) is 5.19. The van der Waals surface area contributed by atoms with Gasteiger partial charge in [-0.05, 0) is 44.7 Å². The summed E-state index contributed by atoms with van der Waals surface area (Å²) in [6.07, 6.45) is 7.18. The monoisotopic (exact) mass is 420 g/mol. The third-order valence-electron chi connectivity index (χ3n) is 6.37. The number of amides is 1. The van der Waals surface area contributed by atoms with E-state index in [4.69, 9.17) is 10.7 Å². The normalized spacial score (nSPS) is 23.6. The molecule has 3 aromatic heterocycles. The average Bonchev–Trinajstić information content (AvgIpc) is 3.13. The van der Waals surface area contributed by atoms with Crippen molar-refractivity contribution in [2.24, 2.45) is 5.73 Å². The molecule has 31 heavy (non-hydrogen) atoms. The Bertz CT molecular complexity index is 1080. The van der Waals surface area contributed by atoms with E-state index in [1.807, 2.05) is 31.2 Å². The second kappa shape index (κ2) is 8.14. The summed E-state index contributed by atoms with van der Waals surface area (Å²) in [6.45, 7) is 2.32. The van der Waals surface area contributed by atoms with Gasteiger partial charge in [-0.2, -0.15) is 5.10 Å². The highest BCUT2D eigenvalue weighted by molar-refractivity contribution is 5.91. The number of primary amides is 1. The number of anilines is 3. The van der Waals surface area contributed by atoms with Gasteiger partial charge in [0.15, 0.2) is 5.82 Å². The minimum atomic E-state index is -0.241. The molecule has 3 atom stereocenters. The lowest BCUT2D eigenvalue weighted by molar-refractivity contribution is -0.121. The molecule has 0 spiro atoms. The minimum Gasteiger partial charge on any atom is -0.369 e. The van der Waals surface area contributed by atoms with E-state index in [0.717, 1.165) is 53.9 Å². The number of aromatic nitrogens is 4. The zero-order valence-corrected chi connectivity index (χ0v) is 17.6. The molecule has 0 aromatic carbocycles.